The van der Waals surface area contributed by atoms with Crippen LogP contribution in [-0.2, 0) is 39.2 Å². The molecular formula is C34H38ClN5O4. The molecule has 4 rings (SSSR count). The maximum absolute atomic E-state index is 14.0. The third kappa shape index (κ3) is 9.18. The normalized spacial score (nSPS) is 12.5. The molecule has 0 radical (unpaired) electrons. The zero-order valence-electron chi connectivity index (χ0n) is 25.1. The number of rotatable bonds is 13. The van der Waals surface area contributed by atoms with E-state index in [4.69, 9.17) is 16.3 Å². The maximum atomic E-state index is 14.0. The molecule has 44 heavy (non-hydrogen) atoms. The number of ether oxygens (including phenoxy) is 1. The Balaban J connectivity index is 1.52. The number of likely N-dealkylation sites (N-methyl/N-ethyl adjacent to an activating group) is 1. The number of amides is 3. The van der Waals surface area contributed by atoms with Gasteiger partial charge < -0.3 is 25.3 Å². The first-order valence-corrected chi connectivity index (χ1v) is 14.8. The van der Waals surface area contributed by atoms with E-state index in [0.29, 0.717) is 17.3 Å². The van der Waals surface area contributed by atoms with E-state index in [9.17, 15) is 14.4 Å². The van der Waals surface area contributed by atoms with Crippen molar-refractivity contribution >= 4 is 29.5 Å². The maximum Gasteiger partial charge on any atom is 0.408 e. The monoisotopic (exact) mass is 615 g/mol. The fourth-order valence-electron chi connectivity index (χ4n) is 4.79. The lowest BCUT2D eigenvalue weighted by Crippen LogP contribution is -2.56. The van der Waals surface area contributed by atoms with Gasteiger partial charge in [0.15, 0.2) is 0 Å². The highest BCUT2D eigenvalue weighted by molar-refractivity contribution is 6.30. The van der Waals surface area contributed by atoms with Crippen LogP contribution in [0.15, 0.2) is 97.5 Å². The van der Waals surface area contributed by atoms with E-state index in [2.05, 4.69) is 34.4 Å². The number of halogens is 1. The average molecular weight is 616 g/mol. The number of carbonyl (C=O) groups excluding carboxylic acids is 3. The number of aromatic nitrogens is 2. The number of nitrogens with zero attached hydrogens (tertiary/aromatic N) is 2. The Morgan fingerprint density at radius 2 is 1.59 bits per heavy atom. The summed E-state index contributed by atoms with van der Waals surface area (Å²) in [7, 11) is 1.57. The molecule has 9 nitrogen and oxygen atoms in total. The second kappa shape index (κ2) is 15.2. The number of H-pyrrole nitrogens is 1. The van der Waals surface area contributed by atoms with Crippen molar-refractivity contribution in [2.75, 3.05) is 13.6 Å². The Bertz CT molecular complexity index is 1500. The topological polar surface area (TPSA) is 116 Å². The number of alkyl carbamates (subject to hydrolysis) is 1. The molecule has 0 unspecified atom stereocenters. The Morgan fingerprint density at radius 3 is 2.23 bits per heavy atom. The number of carbonyl (C=O) groups is 3. The molecule has 1 aromatic heterocycles. The standard InChI is InChI=1S/C34H38ClN5O4/c1-34(2,26-12-8-5-9-13-26)22-37-31(41)30(18-24-14-16-27(35)17-15-24)40(3)32(42)29(19-28-20-36-23-38-28)39-33(43)44-21-25-10-6-4-7-11-25/h4-17,20,23,29-30H,18-19,21-22H2,1-3H3,(H,36,38)(H,37,41)(H,39,43)/t29-,30+/m0/s1. The van der Waals surface area contributed by atoms with Crippen molar-refractivity contribution in [2.45, 2.75) is 50.8 Å². The van der Waals surface area contributed by atoms with Gasteiger partial charge in [-0.1, -0.05) is 98.2 Å². The number of imidazole rings is 1. The number of nitrogens with one attached hydrogen (secondary N) is 3. The highest BCUT2D eigenvalue weighted by Crippen LogP contribution is 2.22. The van der Waals surface area contributed by atoms with Crippen molar-refractivity contribution in [1.29, 1.82) is 0 Å². The molecule has 3 aromatic carbocycles. The minimum atomic E-state index is -1.02. The van der Waals surface area contributed by atoms with Crippen LogP contribution in [0.1, 0.15) is 36.2 Å². The van der Waals surface area contributed by atoms with E-state index in [-0.39, 0.29) is 30.8 Å². The SMILES string of the molecule is CN(C(=O)[C@H](Cc1cnc[nH]1)NC(=O)OCc1ccccc1)[C@H](Cc1ccc(Cl)cc1)C(=O)NCC(C)(C)c1ccccc1. The van der Waals surface area contributed by atoms with Gasteiger partial charge in [-0.15, -0.1) is 0 Å². The highest BCUT2D eigenvalue weighted by Gasteiger charge is 2.34. The van der Waals surface area contributed by atoms with E-state index in [1.165, 1.54) is 11.2 Å². The zero-order valence-corrected chi connectivity index (χ0v) is 25.9. The summed E-state index contributed by atoms with van der Waals surface area (Å²) in [6.45, 7) is 4.51. The molecule has 0 aliphatic heterocycles. The van der Waals surface area contributed by atoms with Gasteiger partial charge in [0.25, 0.3) is 0 Å². The van der Waals surface area contributed by atoms with E-state index < -0.39 is 24.1 Å². The first-order valence-electron chi connectivity index (χ1n) is 14.4. The van der Waals surface area contributed by atoms with Crippen molar-refractivity contribution in [3.63, 3.8) is 0 Å². The van der Waals surface area contributed by atoms with Gasteiger partial charge in [-0.25, -0.2) is 9.78 Å². The van der Waals surface area contributed by atoms with Gasteiger partial charge in [-0.3, -0.25) is 9.59 Å². The van der Waals surface area contributed by atoms with Crippen LogP contribution in [0.4, 0.5) is 4.79 Å². The van der Waals surface area contributed by atoms with E-state index in [1.54, 1.807) is 25.4 Å². The second-order valence-corrected chi connectivity index (χ2v) is 11.7. The number of hydrogen-bond donors (Lipinski definition) is 3. The summed E-state index contributed by atoms with van der Waals surface area (Å²) >= 11 is 6.10. The third-order valence-corrected chi connectivity index (χ3v) is 7.75. The minimum Gasteiger partial charge on any atom is -0.445 e. The van der Waals surface area contributed by atoms with E-state index >= 15 is 0 Å². The second-order valence-electron chi connectivity index (χ2n) is 11.3. The summed E-state index contributed by atoms with van der Waals surface area (Å²) in [6.07, 6.45) is 2.70. The van der Waals surface area contributed by atoms with Crippen LogP contribution in [0.2, 0.25) is 5.02 Å². The molecule has 10 heteroatoms. The van der Waals surface area contributed by atoms with Gasteiger partial charge >= 0.3 is 6.09 Å². The van der Waals surface area contributed by atoms with Crippen LogP contribution in [0.3, 0.4) is 0 Å². The Labute approximate surface area is 263 Å². The molecule has 0 spiro atoms. The van der Waals surface area contributed by atoms with E-state index in [0.717, 1.165) is 16.7 Å². The van der Waals surface area contributed by atoms with Crippen LogP contribution in [0.5, 0.6) is 0 Å². The zero-order chi connectivity index (χ0) is 31.5. The van der Waals surface area contributed by atoms with Crippen LogP contribution in [-0.4, -0.2) is 58.5 Å². The Morgan fingerprint density at radius 1 is 0.932 bits per heavy atom. The van der Waals surface area contributed by atoms with Gasteiger partial charge in [0.2, 0.25) is 11.8 Å². The lowest BCUT2D eigenvalue weighted by atomic mass is 9.84. The van der Waals surface area contributed by atoms with Gasteiger partial charge in [0, 0.05) is 48.8 Å². The quantitative estimate of drug-likeness (QED) is 0.194. The first kappa shape index (κ1) is 32.3. The molecule has 4 aromatic rings. The number of hydrogen-bond acceptors (Lipinski definition) is 5. The van der Waals surface area contributed by atoms with Crippen molar-refractivity contribution < 1.29 is 19.1 Å². The van der Waals surface area contributed by atoms with Gasteiger partial charge in [-0.05, 0) is 28.8 Å². The van der Waals surface area contributed by atoms with E-state index in [1.807, 2.05) is 72.8 Å². The molecular weight excluding hydrogens is 578 g/mol. The van der Waals surface area contributed by atoms with Crippen molar-refractivity contribution in [1.82, 2.24) is 25.5 Å². The van der Waals surface area contributed by atoms with Gasteiger partial charge in [0.05, 0.1) is 6.33 Å². The predicted octanol–water partition coefficient (Wildman–Crippen LogP) is 5.06. The number of aromatic amines is 1. The Kier molecular flexibility index (Phi) is 11.2. The smallest absolute Gasteiger partial charge is 0.408 e. The molecule has 3 N–H and O–H groups in total. The summed E-state index contributed by atoms with van der Waals surface area (Å²) in [6, 6.07) is 24.4. The first-order chi connectivity index (χ1) is 21.1. The average Bonchev–Trinajstić information content (AvgIpc) is 3.55. The van der Waals surface area contributed by atoms with Crippen molar-refractivity contribution in [3.8, 4) is 0 Å². The molecule has 0 aliphatic rings. The molecule has 230 valence electrons. The molecule has 2 atom stereocenters. The molecule has 0 bridgehead atoms. The highest BCUT2D eigenvalue weighted by atomic mass is 35.5. The minimum absolute atomic E-state index is 0.0479. The van der Waals surface area contributed by atoms with Crippen LogP contribution < -0.4 is 10.6 Å². The van der Waals surface area contributed by atoms with Crippen molar-refractivity contribution in [2.24, 2.45) is 0 Å². The van der Waals surface area contributed by atoms with Gasteiger partial charge in [-0.2, -0.15) is 0 Å². The summed E-state index contributed by atoms with van der Waals surface area (Å²) < 4.78 is 5.40. The summed E-state index contributed by atoms with van der Waals surface area (Å²) in [5, 5.41) is 6.34. The number of benzene rings is 3. The summed E-state index contributed by atoms with van der Waals surface area (Å²) in [5.74, 6) is -0.764. The van der Waals surface area contributed by atoms with Gasteiger partial charge in [0.1, 0.15) is 18.7 Å². The molecule has 0 aliphatic carbocycles. The lowest BCUT2D eigenvalue weighted by Gasteiger charge is -2.32. The van der Waals surface area contributed by atoms with Crippen LogP contribution in [0.25, 0.3) is 0 Å². The van der Waals surface area contributed by atoms with Crippen molar-refractivity contribution in [3.05, 3.63) is 125 Å². The lowest BCUT2D eigenvalue weighted by molar-refractivity contribution is -0.140. The molecule has 0 saturated carbocycles. The summed E-state index contributed by atoms with van der Waals surface area (Å²) in [4.78, 5) is 49.0. The fourth-order valence-corrected chi connectivity index (χ4v) is 4.92. The molecule has 1 heterocycles. The predicted molar refractivity (Wildman–Crippen MR) is 170 cm³/mol. The third-order valence-electron chi connectivity index (χ3n) is 7.50. The molecule has 0 saturated heterocycles. The fraction of sp³-hybridized carbons (Fsp3) is 0.294. The molecule has 3 amide bonds. The summed E-state index contributed by atoms with van der Waals surface area (Å²) in [5.41, 5.74) is 3.02. The largest absolute Gasteiger partial charge is 0.445 e. The van der Waals surface area contributed by atoms with Crippen LogP contribution >= 0.6 is 11.6 Å². The Hall–Kier alpha value is -4.63. The molecule has 0 fully saturated rings. The van der Waals surface area contributed by atoms with Crippen LogP contribution in [0, 0.1) is 0 Å².